The number of carbonyl (C=O) groups excluding carboxylic acids is 1. The number of halogens is 5. The average molecular weight is 376 g/mol. The van der Waals surface area contributed by atoms with Crippen molar-refractivity contribution in [3.05, 3.63) is 64.4 Å². The SMILES string of the molecule is CN(CCOc1cccc(Cl)c1)C(=O)c1ccc(F)c(C(F)(F)F)c1. The minimum absolute atomic E-state index is 0.121. The van der Waals surface area contributed by atoms with Gasteiger partial charge in [-0.25, -0.2) is 4.39 Å². The average Bonchev–Trinajstić information content (AvgIpc) is 2.53. The monoisotopic (exact) mass is 375 g/mol. The molecule has 0 bridgehead atoms. The smallest absolute Gasteiger partial charge is 0.419 e. The Kier molecular flexibility index (Phi) is 5.89. The second-order valence-electron chi connectivity index (χ2n) is 5.22. The third-order valence-electron chi connectivity index (χ3n) is 3.36. The molecular formula is C17H14ClF4NO2. The predicted octanol–water partition coefficient (Wildman–Crippen LogP) is 4.65. The molecule has 1 amide bonds. The van der Waals surface area contributed by atoms with Crippen LogP contribution in [0.5, 0.6) is 5.75 Å². The highest BCUT2D eigenvalue weighted by Crippen LogP contribution is 2.32. The summed E-state index contributed by atoms with van der Waals surface area (Å²) in [5.41, 5.74) is -1.72. The number of nitrogens with zero attached hydrogens (tertiary/aromatic N) is 1. The maximum absolute atomic E-state index is 13.3. The molecule has 0 aromatic heterocycles. The Labute approximate surface area is 146 Å². The summed E-state index contributed by atoms with van der Waals surface area (Å²) in [6, 6.07) is 8.81. The maximum Gasteiger partial charge on any atom is 0.419 e. The Morgan fingerprint density at radius 1 is 1.20 bits per heavy atom. The lowest BCUT2D eigenvalue weighted by Gasteiger charge is -2.18. The van der Waals surface area contributed by atoms with Crippen molar-refractivity contribution in [2.75, 3.05) is 20.2 Å². The molecule has 0 radical (unpaired) electrons. The molecule has 0 aliphatic heterocycles. The molecule has 2 aromatic carbocycles. The first-order valence-corrected chi connectivity index (χ1v) is 7.57. The first-order valence-electron chi connectivity index (χ1n) is 7.19. The highest BCUT2D eigenvalue weighted by molar-refractivity contribution is 6.30. The summed E-state index contributed by atoms with van der Waals surface area (Å²) in [5.74, 6) is -1.58. The van der Waals surface area contributed by atoms with E-state index >= 15 is 0 Å². The number of carbonyl (C=O) groups is 1. The van der Waals surface area contributed by atoms with Crippen molar-refractivity contribution in [3.8, 4) is 5.75 Å². The van der Waals surface area contributed by atoms with E-state index in [4.69, 9.17) is 16.3 Å². The zero-order valence-electron chi connectivity index (χ0n) is 13.1. The van der Waals surface area contributed by atoms with Crippen molar-refractivity contribution in [1.29, 1.82) is 0 Å². The zero-order valence-corrected chi connectivity index (χ0v) is 13.9. The highest BCUT2D eigenvalue weighted by atomic mass is 35.5. The summed E-state index contributed by atoms with van der Waals surface area (Å²) in [5, 5.41) is 0.493. The van der Waals surface area contributed by atoms with E-state index in [2.05, 4.69) is 0 Å². The topological polar surface area (TPSA) is 29.5 Å². The zero-order chi connectivity index (χ0) is 18.6. The Balaban J connectivity index is 2.00. The number of hydrogen-bond donors (Lipinski definition) is 0. The second kappa shape index (κ2) is 7.74. The van der Waals surface area contributed by atoms with E-state index in [1.54, 1.807) is 24.3 Å². The Morgan fingerprint density at radius 3 is 2.56 bits per heavy atom. The Bertz CT molecular complexity index is 765. The van der Waals surface area contributed by atoms with Gasteiger partial charge in [-0.2, -0.15) is 13.2 Å². The lowest BCUT2D eigenvalue weighted by atomic mass is 10.1. The van der Waals surface area contributed by atoms with Gasteiger partial charge in [0.25, 0.3) is 5.91 Å². The standard InChI is InChI=1S/C17H14ClF4NO2/c1-23(7-8-25-13-4-2-3-12(18)10-13)16(24)11-5-6-15(19)14(9-11)17(20,21)22/h2-6,9-10H,7-8H2,1H3. The van der Waals surface area contributed by atoms with E-state index in [-0.39, 0.29) is 18.7 Å². The summed E-state index contributed by atoms with van der Waals surface area (Å²) in [7, 11) is 1.42. The van der Waals surface area contributed by atoms with Crippen LogP contribution in [0.25, 0.3) is 0 Å². The van der Waals surface area contributed by atoms with Crippen LogP contribution in [-0.4, -0.2) is 31.0 Å². The Morgan fingerprint density at radius 2 is 1.92 bits per heavy atom. The molecule has 0 saturated carbocycles. The highest BCUT2D eigenvalue weighted by Gasteiger charge is 2.34. The minimum Gasteiger partial charge on any atom is -0.492 e. The van der Waals surface area contributed by atoms with Crippen molar-refractivity contribution in [2.45, 2.75) is 6.18 Å². The summed E-state index contributed by atoms with van der Waals surface area (Å²) < 4.78 is 56.9. The van der Waals surface area contributed by atoms with Gasteiger partial charge in [0.05, 0.1) is 12.1 Å². The van der Waals surface area contributed by atoms with E-state index in [0.717, 1.165) is 6.07 Å². The van der Waals surface area contributed by atoms with E-state index in [1.807, 2.05) is 0 Å². The minimum atomic E-state index is -4.87. The van der Waals surface area contributed by atoms with E-state index < -0.39 is 23.5 Å². The van der Waals surface area contributed by atoms with Crippen LogP contribution < -0.4 is 4.74 Å². The lowest BCUT2D eigenvalue weighted by Crippen LogP contribution is -2.31. The first-order chi connectivity index (χ1) is 11.7. The second-order valence-corrected chi connectivity index (χ2v) is 5.66. The van der Waals surface area contributed by atoms with E-state index in [9.17, 15) is 22.4 Å². The molecule has 8 heteroatoms. The maximum atomic E-state index is 13.3. The van der Waals surface area contributed by atoms with Gasteiger partial charge in [0.1, 0.15) is 18.2 Å². The lowest BCUT2D eigenvalue weighted by molar-refractivity contribution is -0.140. The molecule has 0 heterocycles. The van der Waals surface area contributed by atoms with Gasteiger partial charge in [-0.1, -0.05) is 17.7 Å². The van der Waals surface area contributed by atoms with Gasteiger partial charge in [0, 0.05) is 17.6 Å². The van der Waals surface area contributed by atoms with Crippen molar-refractivity contribution in [1.82, 2.24) is 4.90 Å². The van der Waals surface area contributed by atoms with Crippen LogP contribution in [-0.2, 0) is 6.18 Å². The van der Waals surface area contributed by atoms with Gasteiger partial charge in [-0.3, -0.25) is 4.79 Å². The fourth-order valence-corrected chi connectivity index (χ4v) is 2.23. The molecule has 0 aliphatic carbocycles. The van der Waals surface area contributed by atoms with Gasteiger partial charge < -0.3 is 9.64 Å². The van der Waals surface area contributed by atoms with Crippen LogP contribution in [0.2, 0.25) is 5.02 Å². The first kappa shape index (κ1) is 19.1. The number of ether oxygens (including phenoxy) is 1. The molecule has 0 atom stereocenters. The third kappa shape index (κ3) is 5.09. The molecule has 0 spiro atoms. The molecule has 0 unspecified atom stereocenters. The van der Waals surface area contributed by atoms with Crippen LogP contribution >= 0.6 is 11.6 Å². The number of benzene rings is 2. The normalized spacial score (nSPS) is 11.3. The Hall–Kier alpha value is -2.28. The van der Waals surface area contributed by atoms with Crippen LogP contribution in [0.15, 0.2) is 42.5 Å². The van der Waals surface area contributed by atoms with Crippen molar-refractivity contribution < 1.29 is 27.1 Å². The predicted molar refractivity (Wildman–Crippen MR) is 85.3 cm³/mol. The van der Waals surface area contributed by atoms with Crippen LogP contribution in [0, 0.1) is 5.82 Å². The summed E-state index contributed by atoms with van der Waals surface area (Å²) in [4.78, 5) is 13.4. The van der Waals surface area contributed by atoms with Gasteiger partial charge >= 0.3 is 6.18 Å². The van der Waals surface area contributed by atoms with Gasteiger partial charge in [-0.05, 0) is 36.4 Å². The number of likely N-dealkylation sites (N-methyl/N-ethyl adjacent to an activating group) is 1. The molecule has 3 nitrogen and oxygen atoms in total. The molecular weight excluding hydrogens is 362 g/mol. The van der Waals surface area contributed by atoms with Gasteiger partial charge in [-0.15, -0.1) is 0 Å². The quantitative estimate of drug-likeness (QED) is 0.712. The van der Waals surface area contributed by atoms with Crippen molar-refractivity contribution >= 4 is 17.5 Å². The fraction of sp³-hybridized carbons (Fsp3) is 0.235. The summed E-state index contributed by atoms with van der Waals surface area (Å²) in [6.45, 7) is 0.250. The van der Waals surface area contributed by atoms with E-state index in [0.29, 0.717) is 22.9 Å². The van der Waals surface area contributed by atoms with Gasteiger partial charge in [0.2, 0.25) is 0 Å². The molecule has 0 N–H and O–H groups in total. The molecule has 25 heavy (non-hydrogen) atoms. The molecule has 2 aromatic rings. The fourth-order valence-electron chi connectivity index (χ4n) is 2.05. The van der Waals surface area contributed by atoms with E-state index in [1.165, 1.54) is 11.9 Å². The molecule has 0 saturated heterocycles. The molecule has 2 rings (SSSR count). The summed E-state index contributed by atoms with van der Waals surface area (Å²) in [6.07, 6.45) is -4.87. The molecule has 134 valence electrons. The third-order valence-corrected chi connectivity index (χ3v) is 3.59. The van der Waals surface area contributed by atoms with Gasteiger partial charge in [0.15, 0.2) is 0 Å². The number of amides is 1. The van der Waals surface area contributed by atoms with Crippen LogP contribution in [0.1, 0.15) is 15.9 Å². The molecule has 0 aliphatic rings. The largest absolute Gasteiger partial charge is 0.492 e. The summed E-state index contributed by atoms with van der Waals surface area (Å²) >= 11 is 5.81. The van der Waals surface area contributed by atoms with Crippen LogP contribution in [0.4, 0.5) is 17.6 Å². The number of hydrogen-bond acceptors (Lipinski definition) is 2. The van der Waals surface area contributed by atoms with Crippen molar-refractivity contribution in [2.24, 2.45) is 0 Å². The molecule has 0 fully saturated rings. The van der Waals surface area contributed by atoms with Crippen molar-refractivity contribution in [3.63, 3.8) is 0 Å². The number of alkyl halides is 3. The van der Waals surface area contributed by atoms with Crippen LogP contribution in [0.3, 0.4) is 0 Å². The number of rotatable bonds is 5.